The lowest BCUT2D eigenvalue weighted by molar-refractivity contribution is 0.0910. The zero-order valence-electron chi connectivity index (χ0n) is 8.75. The number of carbonyl (C=O) groups is 1. The minimum Gasteiger partial charge on any atom is -0.399 e. The van der Waals surface area contributed by atoms with Crippen LogP contribution in [0.4, 0.5) is 11.4 Å². The van der Waals surface area contributed by atoms with Gasteiger partial charge in [-0.2, -0.15) is 11.8 Å². The highest BCUT2D eigenvalue weighted by Crippen LogP contribution is 2.34. The first-order chi connectivity index (χ1) is 7.69. The molecule has 2 aliphatic heterocycles. The number of anilines is 2. The zero-order valence-corrected chi connectivity index (χ0v) is 9.56. The number of fused-ring (bicyclic) bond motifs is 1. The molecule has 0 radical (unpaired) electrons. The fourth-order valence-electron chi connectivity index (χ4n) is 2.19. The van der Waals surface area contributed by atoms with Gasteiger partial charge in [0.2, 0.25) is 0 Å². The Morgan fingerprint density at radius 2 is 2.25 bits per heavy atom. The van der Waals surface area contributed by atoms with Crippen LogP contribution in [0, 0.1) is 0 Å². The van der Waals surface area contributed by atoms with Crippen molar-refractivity contribution in [2.24, 2.45) is 0 Å². The molecule has 5 heteroatoms. The smallest absolute Gasteiger partial charge is 0.255 e. The number of thioether (sulfide) groups is 1. The van der Waals surface area contributed by atoms with Gasteiger partial charge in [0.15, 0.2) is 0 Å². The van der Waals surface area contributed by atoms with Crippen LogP contribution >= 0.6 is 11.8 Å². The average Bonchev–Trinajstić information content (AvgIpc) is 2.68. The van der Waals surface area contributed by atoms with Crippen molar-refractivity contribution in [1.82, 2.24) is 5.32 Å². The van der Waals surface area contributed by atoms with Gasteiger partial charge in [0.1, 0.15) is 5.66 Å². The lowest BCUT2D eigenvalue weighted by Crippen LogP contribution is -2.57. The Bertz CT molecular complexity index is 455. The predicted octanol–water partition coefficient (Wildman–Crippen LogP) is 1.26. The summed E-state index contributed by atoms with van der Waals surface area (Å²) in [6.07, 6.45) is 0.965. The van der Waals surface area contributed by atoms with Crippen molar-refractivity contribution in [3.8, 4) is 0 Å². The van der Waals surface area contributed by atoms with Crippen molar-refractivity contribution in [1.29, 1.82) is 0 Å². The molecule has 1 aromatic carbocycles. The summed E-state index contributed by atoms with van der Waals surface area (Å²) in [4.78, 5) is 12.0. The summed E-state index contributed by atoms with van der Waals surface area (Å²) >= 11 is 1.86. The lowest BCUT2D eigenvalue weighted by atomic mass is 10.0. The molecule has 0 bridgehead atoms. The number of carbonyl (C=O) groups excluding carboxylic acids is 1. The van der Waals surface area contributed by atoms with Crippen molar-refractivity contribution in [3.63, 3.8) is 0 Å². The molecule has 1 amide bonds. The van der Waals surface area contributed by atoms with E-state index >= 15 is 0 Å². The van der Waals surface area contributed by atoms with E-state index < -0.39 is 0 Å². The van der Waals surface area contributed by atoms with E-state index in [0.29, 0.717) is 11.3 Å². The predicted molar refractivity (Wildman–Crippen MR) is 66.6 cm³/mol. The van der Waals surface area contributed by atoms with Crippen LogP contribution in [0.15, 0.2) is 18.2 Å². The molecule has 4 nitrogen and oxygen atoms in total. The Morgan fingerprint density at radius 3 is 3.00 bits per heavy atom. The van der Waals surface area contributed by atoms with Crippen LogP contribution in [0.25, 0.3) is 0 Å². The van der Waals surface area contributed by atoms with Gasteiger partial charge in [-0.25, -0.2) is 0 Å². The Morgan fingerprint density at radius 1 is 1.38 bits per heavy atom. The van der Waals surface area contributed by atoms with Crippen molar-refractivity contribution < 1.29 is 4.79 Å². The normalized spacial score (nSPS) is 27.4. The Hall–Kier alpha value is -1.36. The molecule has 84 valence electrons. The maximum absolute atomic E-state index is 12.0. The first-order valence-electron chi connectivity index (χ1n) is 5.27. The average molecular weight is 235 g/mol. The largest absolute Gasteiger partial charge is 0.399 e. The van der Waals surface area contributed by atoms with E-state index in [2.05, 4.69) is 10.6 Å². The number of rotatable bonds is 0. The van der Waals surface area contributed by atoms with Crippen molar-refractivity contribution in [2.45, 2.75) is 12.1 Å². The minimum atomic E-state index is -0.245. The van der Waals surface area contributed by atoms with E-state index in [9.17, 15) is 4.79 Å². The summed E-state index contributed by atoms with van der Waals surface area (Å²) in [6.45, 7) is 0. The van der Waals surface area contributed by atoms with Crippen molar-refractivity contribution in [2.75, 3.05) is 22.6 Å². The van der Waals surface area contributed by atoms with Gasteiger partial charge < -0.3 is 16.4 Å². The molecule has 1 atom stereocenters. The molecule has 4 N–H and O–H groups in total. The standard InChI is InChI=1S/C11H13N3OS/c12-7-1-2-9-8(5-7)10(15)14-11(13-9)3-4-16-6-11/h1-2,5,13H,3-4,6,12H2,(H,14,15). The van der Waals surface area contributed by atoms with E-state index in [1.807, 2.05) is 23.9 Å². The molecule has 1 unspecified atom stereocenters. The number of hydrogen-bond acceptors (Lipinski definition) is 4. The van der Waals surface area contributed by atoms with Crippen molar-refractivity contribution in [3.05, 3.63) is 23.8 Å². The highest BCUT2D eigenvalue weighted by Gasteiger charge is 2.40. The van der Waals surface area contributed by atoms with E-state index in [-0.39, 0.29) is 11.6 Å². The second-order valence-corrected chi connectivity index (χ2v) is 5.37. The van der Waals surface area contributed by atoms with Crippen LogP contribution < -0.4 is 16.4 Å². The fourth-order valence-corrected chi connectivity index (χ4v) is 3.47. The number of nitrogens with one attached hydrogen (secondary N) is 2. The summed E-state index contributed by atoms with van der Waals surface area (Å²) in [6, 6.07) is 5.42. The number of amides is 1. The molecule has 0 saturated carbocycles. The zero-order chi connectivity index (χ0) is 11.2. The Kier molecular flexibility index (Phi) is 2.04. The van der Waals surface area contributed by atoms with Gasteiger partial charge >= 0.3 is 0 Å². The van der Waals surface area contributed by atoms with Crippen LogP contribution in [0.3, 0.4) is 0 Å². The first kappa shape index (κ1) is 9.84. The maximum atomic E-state index is 12.0. The van der Waals surface area contributed by atoms with Gasteiger partial charge in [-0.15, -0.1) is 0 Å². The second-order valence-electron chi connectivity index (χ2n) is 4.27. The topological polar surface area (TPSA) is 67.2 Å². The molecule has 3 rings (SSSR count). The van der Waals surface area contributed by atoms with Gasteiger partial charge in [0.25, 0.3) is 5.91 Å². The lowest BCUT2D eigenvalue weighted by Gasteiger charge is -2.36. The third-order valence-electron chi connectivity index (χ3n) is 3.04. The number of nitrogens with two attached hydrogens (primary N) is 1. The van der Waals surface area contributed by atoms with E-state index in [1.54, 1.807) is 6.07 Å². The molecular weight excluding hydrogens is 222 g/mol. The monoisotopic (exact) mass is 235 g/mol. The second kappa shape index (κ2) is 3.31. The SMILES string of the molecule is Nc1ccc2c(c1)C(=O)NC1(CCSC1)N2. The summed E-state index contributed by atoms with van der Waals surface area (Å²) in [5.74, 6) is 1.98. The van der Waals surface area contributed by atoms with E-state index in [1.165, 1.54) is 0 Å². The number of nitrogen functional groups attached to an aromatic ring is 1. The number of hydrogen-bond donors (Lipinski definition) is 3. The Labute approximate surface area is 98.0 Å². The van der Waals surface area contributed by atoms with E-state index in [4.69, 9.17) is 5.73 Å². The molecule has 1 aromatic rings. The molecule has 1 spiro atoms. The summed E-state index contributed by atoms with van der Waals surface area (Å²) < 4.78 is 0. The van der Waals surface area contributed by atoms with Crippen LogP contribution in [0.1, 0.15) is 16.8 Å². The highest BCUT2D eigenvalue weighted by molar-refractivity contribution is 7.99. The third-order valence-corrected chi connectivity index (χ3v) is 4.23. The summed E-state index contributed by atoms with van der Waals surface area (Å²) in [5.41, 5.74) is 7.58. The number of benzene rings is 1. The molecule has 2 heterocycles. The van der Waals surface area contributed by atoms with Gasteiger partial charge in [0, 0.05) is 17.1 Å². The van der Waals surface area contributed by atoms with Crippen LogP contribution in [-0.2, 0) is 0 Å². The fraction of sp³-hybridized carbons (Fsp3) is 0.364. The van der Waals surface area contributed by atoms with E-state index in [0.717, 1.165) is 23.6 Å². The Balaban J connectivity index is 2.02. The maximum Gasteiger partial charge on any atom is 0.255 e. The van der Waals surface area contributed by atoms with Gasteiger partial charge in [0.05, 0.1) is 5.56 Å². The van der Waals surface area contributed by atoms with Crippen LogP contribution in [-0.4, -0.2) is 23.1 Å². The van der Waals surface area contributed by atoms with Gasteiger partial charge in [-0.3, -0.25) is 4.79 Å². The molecule has 16 heavy (non-hydrogen) atoms. The van der Waals surface area contributed by atoms with Gasteiger partial charge in [-0.05, 0) is 30.4 Å². The quantitative estimate of drug-likeness (QED) is 0.592. The van der Waals surface area contributed by atoms with Crippen LogP contribution in [0.2, 0.25) is 0 Å². The van der Waals surface area contributed by atoms with Gasteiger partial charge in [-0.1, -0.05) is 0 Å². The molecule has 2 aliphatic rings. The molecule has 1 fully saturated rings. The third kappa shape index (κ3) is 1.43. The first-order valence-corrected chi connectivity index (χ1v) is 6.42. The minimum absolute atomic E-state index is 0.0245. The molecular formula is C11H13N3OS. The molecule has 0 aliphatic carbocycles. The summed E-state index contributed by atoms with van der Waals surface area (Å²) in [7, 11) is 0. The summed E-state index contributed by atoms with van der Waals surface area (Å²) in [5, 5.41) is 6.47. The molecule has 0 aromatic heterocycles. The molecule has 1 saturated heterocycles. The van der Waals surface area contributed by atoms with Crippen LogP contribution in [0.5, 0.6) is 0 Å². The highest BCUT2D eigenvalue weighted by atomic mass is 32.2. The van der Waals surface area contributed by atoms with Crippen molar-refractivity contribution >= 4 is 29.0 Å².